The van der Waals surface area contributed by atoms with Gasteiger partial charge in [0.15, 0.2) is 8.32 Å². The van der Waals surface area contributed by atoms with Crippen molar-refractivity contribution in [2.24, 2.45) is 5.92 Å². The zero-order valence-electron chi connectivity index (χ0n) is 17.1. The Kier molecular flexibility index (Phi) is 8.59. The van der Waals surface area contributed by atoms with Crippen molar-refractivity contribution in [1.29, 1.82) is 0 Å². The summed E-state index contributed by atoms with van der Waals surface area (Å²) in [5.74, 6) is 0.0720. The third-order valence-corrected chi connectivity index (χ3v) is 10.1. The Bertz CT molecular complexity index is 531. The van der Waals surface area contributed by atoms with Gasteiger partial charge in [0.25, 0.3) is 0 Å². The molecule has 0 aliphatic rings. The monoisotopic (exact) mass is 362 g/mol. The van der Waals surface area contributed by atoms with Crippen molar-refractivity contribution >= 4 is 8.32 Å². The van der Waals surface area contributed by atoms with Crippen LogP contribution in [-0.2, 0) is 10.8 Å². The molecule has 0 aromatic heterocycles. The van der Waals surface area contributed by atoms with E-state index < -0.39 is 14.4 Å². The van der Waals surface area contributed by atoms with Crippen LogP contribution < -0.4 is 0 Å². The standard InChI is InChI=1S/C22H38O2Si/c1-8-18(2)21(23)20-15-12-14-19(17-20)13-10-9-11-16-24-25(6,7)22(3,4)5/h8,12,14-15,17-18,21,23H,1,9-11,13,16H2,2-7H3/t18-,21-/m0/s1. The van der Waals surface area contributed by atoms with Gasteiger partial charge in [0.1, 0.15) is 0 Å². The summed E-state index contributed by atoms with van der Waals surface area (Å²) in [5, 5.41) is 10.6. The Morgan fingerprint density at radius 3 is 2.48 bits per heavy atom. The normalized spacial score (nSPS) is 15.0. The van der Waals surface area contributed by atoms with Gasteiger partial charge in [-0.15, -0.1) is 6.58 Å². The highest BCUT2D eigenvalue weighted by molar-refractivity contribution is 6.74. The van der Waals surface area contributed by atoms with Crippen molar-refractivity contribution in [3.05, 3.63) is 48.0 Å². The Hall–Kier alpha value is -0.903. The molecule has 0 aliphatic carbocycles. The van der Waals surface area contributed by atoms with E-state index in [2.05, 4.69) is 52.6 Å². The van der Waals surface area contributed by atoms with Gasteiger partial charge >= 0.3 is 0 Å². The zero-order chi connectivity index (χ0) is 19.1. The maximum absolute atomic E-state index is 10.3. The van der Waals surface area contributed by atoms with Crippen LogP contribution in [0.1, 0.15) is 64.2 Å². The predicted molar refractivity (Wildman–Crippen MR) is 111 cm³/mol. The molecule has 0 fully saturated rings. The zero-order valence-corrected chi connectivity index (χ0v) is 18.1. The number of unbranched alkanes of at least 4 members (excludes halogenated alkanes) is 2. The highest BCUT2D eigenvalue weighted by Crippen LogP contribution is 2.36. The van der Waals surface area contributed by atoms with Crippen molar-refractivity contribution in [3.63, 3.8) is 0 Å². The van der Waals surface area contributed by atoms with E-state index in [1.54, 1.807) is 6.08 Å². The molecule has 0 bridgehead atoms. The van der Waals surface area contributed by atoms with E-state index in [4.69, 9.17) is 4.43 Å². The van der Waals surface area contributed by atoms with E-state index in [0.29, 0.717) is 0 Å². The predicted octanol–water partition coefficient (Wildman–Crippen LogP) is 6.28. The molecule has 25 heavy (non-hydrogen) atoms. The number of benzene rings is 1. The fourth-order valence-electron chi connectivity index (χ4n) is 2.52. The minimum Gasteiger partial charge on any atom is -0.417 e. The number of hydrogen-bond donors (Lipinski definition) is 1. The number of aliphatic hydroxyl groups is 1. The molecule has 1 aromatic rings. The van der Waals surface area contributed by atoms with Crippen LogP contribution in [0.15, 0.2) is 36.9 Å². The van der Waals surface area contributed by atoms with Crippen LogP contribution in [0.2, 0.25) is 18.1 Å². The molecule has 0 aliphatic heterocycles. The Balaban J connectivity index is 2.37. The highest BCUT2D eigenvalue weighted by Gasteiger charge is 2.36. The SMILES string of the molecule is C=C[C@H](C)[C@H](O)c1cccc(CCCCCO[Si](C)(C)C(C)(C)C)c1. The van der Waals surface area contributed by atoms with Gasteiger partial charge in [0.2, 0.25) is 0 Å². The lowest BCUT2D eigenvalue weighted by Gasteiger charge is -2.36. The van der Waals surface area contributed by atoms with Crippen LogP contribution in [0.5, 0.6) is 0 Å². The summed E-state index contributed by atoms with van der Waals surface area (Å²) >= 11 is 0. The second kappa shape index (κ2) is 9.70. The van der Waals surface area contributed by atoms with Gasteiger partial charge in [-0.2, -0.15) is 0 Å². The molecular formula is C22H38O2Si. The molecule has 1 aromatic carbocycles. The molecule has 2 atom stereocenters. The molecule has 0 unspecified atom stereocenters. The van der Waals surface area contributed by atoms with Crippen LogP contribution in [0, 0.1) is 5.92 Å². The summed E-state index contributed by atoms with van der Waals surface area (Å²) in [5.41, 5.74) is 2.30. The van der Waals surface area contributed by atoms with Gasteiger partial charge in [-0.05, 0) is 48.5 Å². The van der Waals surface area contributed by atoms with Crippen LogP contribution >= 0.6 is 0 Å². The quantitative estimate of drug-likeness (QED) is 0.302. The smallest absolute Gasteiger partial charge is 0.191 e. The maximum atomic E-state index is 10.3. The Morgan fingerprint density at radius 1 is 1.20 bits per heavy atom. The molecule has 142 valence electrons. The van der Waals surface area contributed by atoms with Gasteiger partial charge in [0, 0.05) is 12.5 Å². The number of hydrogen-bond acceptors (Lipinski definition) is 2. The van der Waals surface area contributed by atoms with Gasteiger partial charge in [0.05, 0.1) is 6.10 Å². The van der Waals surface area contributed by atoms with Crippen molar-refractivity contribution in [2.45, 2.75) is 77.6 Å². The molecule has 2 nitrogen and oxygen atoms in total. The number of rotatable bonds is 10. The lowest BCUT2D eigenvalue weighted by atomic mass is 9.95. The molecular weight excluding hydrogens is 324 g/mol. The minimum absolute atomic E-state index is 0.0720. The van der Waals surface area contributed by atoms with Gasteiger partial charge < -0.3 is 9.53 Å². The average Bonchev–Trinajstić information content (AvgIpc) is 2.55. The lowest BCUT2D eigenvalue weighted by molar-refractivity contribution is 0.140. The minimum atomic E-state index is -1.60. The molecule has 0 saturated heterocycles. The van der Waals surface area contributed by atoms with Crippen LogP contribution in [-0.4, -0.2) is 20.0 Å². The second-order valence-electron chi connectivity index (χ2n) is 8.70. The second-order valence-corrected chi connectivity index (χ2v) is 13.5. The number of aryl methyl sites for hydroxylation is 1. The lowest BCUT2D eigenvalue weighted by Crippen LogP contribution is -2.40. The first-order chi connectivity index (χ1) is 11.6. The fraction of sp³-hybridized carbons (Fsp3) is 0.636. The van der Waals surface area contributed by atoms with Crippen LogP contribution in [0.3, 0.4) is 0 Å². The highest BCUT2D eigenvalue weighted by atomic mass is 28.4. The summed E-state index contributed by atoms with van der Waals surface area (Å²) in [4.78, 5) is 0. The van der Waals surface area contributed by atoms with Crippen LogP contribution in [0.4, 0.5) is 0 Å². The molecule has 0 heterocycles. The van der Waals surface area contributed by atoms with E-state index in [0.717, 1.165) is 31.4 Å². The Labute approximate surface area is 156 Å². The first-order valence-electron chi connectivity index (χ1n) is 9.62. The van der Waals surface area contributed by atoms with Crippen molar-refractivity contribution in [2.75, 3.05) is 6.61 Å². The summed E-state index contributed by atoms with van der Waals surface area (Å²) < 4.78 is 6.23. The summed E-state index contributed by atoms with van der Waals surface area (Å²) in [7, 11) is -1.60. The Morgan fingerprint density at radius 2 is 1.88 bits per heavy atom. The van der Waals surface area contributed by atoms with Crippen molar-refractivity contribution < 1.29 is 9.53 Å². The van der Waals surface area contributed by atoms with E-state index in [-0.39, 0.29) is 11.0 Å². The largest absolute Gasteiger partial charge is 0.417 e. The van der Waals surface area contributed by atoms with E-state index in [1.165, 1.54) is 12.0 Å². The fourth-order valence-corrected chi connectivity index (χ4v) is 3.60. The molecule has 0 radical (unpaired) electrons. The van der Waals surface area contributed by atoms with E-state index in [9.17, 15) is 5.11 Å². The van der Waals surface area contributed by atoms with E-state index in [1.807, 2.05) is 19.1 Å². The summed E-state index contributed by atoms with van der Waals surface area (Å²) in [6, 6.07) is 8.34. The molecule has 0 spiro atoms. The van der Waals surface area contributed by atoms with Crippen LogP contribution in [0.25, 0.3) is 0 Å². The molecule has 0 amide bonds. The van der Waals surface area contributed by atoms with Crippen molar-refractivity contribution in [3.8, 4) is 0 Å². The molecule has 1 N–H and O–H groups in total. The van der Waals surface area contributed by atoms with Crippen molar-refractivity contribution in [1.82, 2.24) is 0 Å². The van der Waals surface area contributed by atoms with Gasteiger partial charge in [-0.3, -0.25) is 0 Å². The molecule has 3 heteroatoms. The summed E-state index contributed by atoms with van der Waals surface area (Å²) in [6.07, 6.45) is 5.88. The maximum Gasteiger partial charge on any atom is 0.191 e. The average molecular weight is 363 g/mol. The third-order valence-electron chi connectivity index (χ3n) is 5.54. The molecule has 0 saturated carbocycles. The van der Waals surface area contributed by atoms with Gasteiger partial charge in [-0.25, -0.2) is 0 Å². The first-order valence-corrected chi connectivity index (χ1v) is 12.5. The first kappa shape index (κ1) is 22.1. The molecule has 1 rings (SSSR count). The van der Waals surface area contributed by atoms with E-state index >= 15 is 0 Å². The number of aliphatic hydroxyl groups excluding tert-OH is 1. The van der Waals surface area contributed by atoms with Gasteiger partial charge in [-0.1, -0.05) is 64.5 Å². The third kappa shape index (κ3) is 7.08. The summed E-state index contributed by atoms with van der Waals surface area (Å²) in [6.45, 7) is 18.1. The topological polar surface area (TPSA) is 29.5 Å².